The highest BCUT2D eigenvalue weighted by Crippen LogP contribution is 2.44. The molecule has 0 amide bonds. The number of nitrogens with one attached hydrogen (secondary N) is 1. The molecule has 0 fully saturated rings. The van der Waals surface area contributed by atoms with Crippen molar-refractivity contribution in [1.82, 2.24) is 5.32 Å². The van der Waals surface area contributed by atoms with Gasteiger partial charge in [0, 0.05) is 5.56 Å². The molecule has 6 heteroatoms. The Morgan fingerprint density at radius 2 is 1.65 bits per heavy atom. The quantitative estimate of drug-likeness (QED) is 0.813. The summed E-state index contributed by atoms with van der Waals surface area (Å²) in [5, 5.41) is 2.71. The fourth-order valence-electron chi connectivity index (χ4n) is 1.46. The van der Waals surface area contributed by atoms with Crippen LogP contribution in [0.15, 0.2) is 24.3 Å². The van der Waals surface area contributed by atoms with Crippen molar-refractivity contribution in [1.29, 1.82) is 0 Å². The van der Waals surface area contributed by atoms with E-state index in [1.807, 2.05) is 0 Å². The highest BCUT2D eigenvalue weighted by Gasteiger charge is 2.59. The molecule has 17 heavy (non-hydrogen) atoms. The van der Waals surface area contributed by atoms with E-state index in [0.29, 0.717) is 6.54 Å². The normalized spacial score (nSPS) is 12.8. The summed E-state index contributed by atoms with van der Waals surface area (Å²) in [6.45, 7) is 0.338. The van der Waals surface area contributed by atoms with Gasteiger partial charge in [-0.15, -0.1) is 0 Å². The summed E-state index contributed by atoms with van der Waals surface area (Å²) in [6, 6.07) is 4.73. The lowest BCUT2D eigenvalue weighted by molar-refractivity contribution is -0.289. The van der Waals surface area contributed by atoms with E-state index in [-0.39, 0.29) is 12.0 Å². The molecule has 0 heterocycles. The Hall–Kier alpha value is -1.17. The smallest absolute Gasteiger partial charge is 0.319 e. The number of hydrogen-bond donors (Lipinski definition) is 1. The summed E-state index contributed by atoms with van der Waals surface area (Å²) in [5.74, 6) is -4.81. The molecule has 1 rings (SSSR count). The van der Waals surface area contributed by atoms with Crippen LogP contribution in [0.5, 0.6) is 0 Å². The van der Waals surface area contributed by atoms with Crippen molar-refractivity contribution in [3.05, 3.63) is 35.4 Å². The number of benzene rings is 1. The van der Waals surface area contributed by atoms with Crippen molar-refractivity contribution in [3.8, 4) is 0 Å². The Morgan fingerprint density at radius 3 is 2.18 bits per heavy atom. The van der Waals surface area contributed by atoms with Crippen LogP contribution in [0.2, 0.25) is 0 Å². The molecule has 1 aromatic carbocycles. The third kappa shape index (κ3) is 2.94. The number of rotatable bonds is 4. The van der Waals surface area contributed by atoms with Gasteiger partial charge in [-0.1, -0.05) is 24.3 Å². The summed E-state index contributed by atoms with van der Waals surface area (Å²) in [5.41, 5.74) is -0.966. The summed E-state index contributed by atoms with van der Waals surface area (Å²) in [4.78, 5) is 0. The van der Waals surface area contributed by atoms with Gasteiger partial charge in [-0.3, -0.25) is 0 Å². The van der Waals surface area contributed by atoms with Gasteiger partial charge in [-0.05, 0) is 25.6 Å². The molecule has 96 valence electrons. The van der Waals surface area contributed by atoms with Crippen LogP contribution in [-0.4, -0.2) is 19.8 Å². The van der Waals surface area contributed by atoms with Gasteiger partial charge < -0.3 is 5.32 Å². The molecule has 1 aromatic rings. The van der Waals surface area contributed by atoms with E-state index in [2.05, 4.69) is 5.32 Å². The van der Waals surface area contributed by atoms with Gasteiger partial charge in [0.2, 0.25) is 0 Å². The average Bonchev–Trinajstić information content (AvgIpc) is 2.25. The van der Waals surface area contributed by atoms with E-state index in [1.165, 1.54) is 18.2 Å². The molecule has 0 aromatic heterocycles. The number of halogens is 5. The van der Waals surface area contributed by atoms with Gasteiger partial charge in [0.15, 0.2) is 0 Å². The fraction of sp³-hybridized carbons (Fsp3) is 0.455. The maximum Gasteiger partial charge on any atom is 0.458 e. The Kier molecular flexibility index (Phi) is 4.08. The second-order valence-corrected chi connectivity index (χ2v) is 3.58. The standard InChI is InChI=1S/C11H12F5N/c1-17-7-6-8-4-2-3-5-9(8)10(12,13)11(14,15)16/h2-5,17H,6-7H2,1H3. The Bertz CT molecular complexity index is 372. The minimum absolute atomic E-state index is 0.00387. The van der Waals surface area contributed by atoms with E-state index in [1.54, 1.807) is 7.05 Å². The Balaban J connectivity index is 3.12. The zero-order valence-electron chi connectivity index (χ0n) is 9.11. The first-order valence-electron chi connectivity index (χ1n) is 4.98. The van der Waals surface area contributed by atoms with Gasteiger partial charge in [0.1, 0.15) is 0 Å². The predicted octanol–water partition coefficient (Wildman–Crippen LogP) is 3.10. The fourth-order valence-corrected chi connectivity index (χ4v) is 1.46. The molecule has 0 aliphatic carbocycles. The molecule has 0 unspecified atom stereocenters. The van der Waals surface area contributed by atoms with Gasteiger partial charge in [-0.25, -0.2) is 0 Å². The van der Waals surface area contributed by atoms with Crippen LogP contribution in [-0.2, 0) is 12.3 Å². The first-order chi connectivity index (χ1) is 7.80. The second-order valence-electron chi connectivity index (χ2n) is 3.58. The van der Waals surface area contributed by atoms with E-state index < -0.39 is 17.7 Å². The maximum absolute atomic E-state index is 13.2. The molecule has 0 radical (unpaired) electrons. The second kappa shape index (κ2) is 5.00. The molecule has 0 aliphatic rings. The van der Waals surface area contributed by atoms with E-state index in [4.69, 9.17) is 0 Å². The first-order valence-corrected chi connectivity index (χ1v) is 4.98. The number of hydrogen-bond acceptors (Lipinski definition) is 1. The molecule has 0 saturated carbocycles. The zero-order chi connectivity index (χ0) is 13.1. The van der Waals surface area contributed by atoms with Gasteiger partial charge in [-0.2, -0.15) is 22.0 Å². The largest absolute Gasteiger partial charge is 0.458 e. The Morgan fingerprint density at radius 1 is 1.06 bits per heavy atom. The van der Waals surface area contributed by atoms with Crippen LogP contribution in [0.4, 0.5) is 22.0 Å². The number of alkyl halides is 5. The maximum atomic E-state index is 13.2. The summed E-state index contributed by atoms with van der Waals surface area (Å²) < 4.78 is 63.2. The van der Waals surface area contributed by atoms with Gasteiger partial charge >= 0.3 is 12.1 Å². The minimum Gasteiger partial charge on any atom is -0.319 e. The summed E-state index contributed by atoms with van der Waals surface area (Å²) in [6.07, 6.45) is -5.44. The summed E-state index contributed by atoms with van der Waals surface area (Å²) >= 11 is 0. The molecule has 0 aliphatic heterocycles. The molecule has 0 atom stereocenters. The first kappa shape index (κ1) is 13.9. The molecular formula is C11H12F5N. The van der Waals surface area contributed by atoms with Crippen molar-refractivity contribution in [3.63, 3.8) is 0 Å². The molecule has 0 spiro atoms. The van der Waals surface area contributed by atoms with E-state index >= 15 is 0 Å². The lowest BCUT2D eigenvalue weighted by atomic mass is 9.99. The minimum atomic E-state index is -5.57. The van der Waals surface area contributed by atoms with Crippen molar-refractivity contribution < 1.29 is 22.0 Å². The molecule has 0 bridgehead atoms. The van der Waals surface area contributed by atoms with E-state index in [9.17, 15) is 22.0 Å². The lowest BCUT2D eigenvalue weighted by Crippen LogP contribution is -2.34. The monoisotopic (exact) mass is 253 g/mol. The van der Waals surface area contributed by atoms with E-state index in [0.717, 1.165) is 6.07 Å². The molecule has 0 saturated heterocycles. The highest BCUT2D eigenvalue weighted by molar-refractivity contribution is 5.32. The van der Waals surface area contributed by atoms with Crippen LogP contribution >= 0.6 is 0 Å². The van der Waals surface area contributed by atoms with Gasteiger partial charge in [0.05, 0.1) is 0 Å². The molecule has 1 N–H and O–H groups in total. The lowest BCUT2D eigenvalue weighted by Gasteiger charge is -2.22. The topological polar surface area (TPSA) is 12.0 Å². The summed E-state index contributed by atoms with van der Waals surface area (Å²) in [7, 11) is 1.60. The predicted molar refractivity (Wildman–Crippen MR) is 54.0 cm³/mol. The van der Waals surface area contributed by atoms with Crippen molar-refractivity contribution in [2.45, 2.75) is 18.5 Å². The van der Waals surface area contributed by atoms with Crippen LogP contribution in [0.25, 0.3) is 0 Å². The molecule has 1 nitrogen and oxygen atoms in total. The average molecular weight is 253 g/mol. The van der Waals surface area contributed by atoms with Crippen LogP contribution in [0.1, 0.15) is 11.1 Å². The Labute approximate surface area is 95.6 Å². The van der Waals surface area contributed by atoms with Crippen molar-refractivity contribution >= 4 is 0 Å². The van der Waals surface area contributed by atoms with Crippen molar-refractivity contribution in [2.24, 2.45) is 0 Å². The highest BCUT2D eigenvalue weighted by atomic mass is 19.4. The number of likely N-dealkylation sites (N-methyl/N-ethyl adjacent to an activating group) is 1. The van der Waals surface area contributed by atoms with Crippen LogP contribution < -0.4 is 5.32 Å². The van der Waals surface area contributed by atoms with Crippen LogP contribution in [0, 0.1) is 0 Å². The van der Waals surface area contributed by atoms with Crippen molar-refractivity contribution in [2.75, 3.05) is 13.6 Å². The van der Waals surface area contributed by atoms with Gasteiger partial charge in [0.25, 0.3) is 0 Å². The van der Waals surface area contributed by atoms with Crippen LogP contribution in [0.3, 0.4) is 0 Å². The molecular weight excluding hydrogens is 241 g/mol. The third-order valence-corrected chi connectivity index (χ3v) is 2.36. The zero-order valence-corrected chi connectivity index (χ0v) is 9.11. The SMILES string of the molecule is CNCCc1ccccc1C(F)(F)C(F)(F)F. The third-order valence-electron chi connectivity index (χ3n) is 2.36.